The molecule has 1 aromatic rings. The number of hydrogen-bond acceptors (Lipinski definition) is 3. The van der Waals surface area contributed by atoms with Crippen LogP contribution in [0.15, 0.2) is 42.1 Å². The number of rotatable bonds is 6. The quantitative estimate of drug-likeness (QED) is 0.742. The van der Waals surface area contributed by atoms with Crippen LogP contribution in [0.2, 0.25) is 0 Å². The predicted octanol–water partition coefficient (Wildman–Crippen LogP) is 3.94. The van der Waals surface area contributed by atoms with E-state index in [1.165, 1.54) is 5.56 Å². The summed E-state index contributed by atoms with van der Waals surface area (Å²) in [5.41, 5.74) is 3.24. The maximum atomic E-state index is 12.5. The highest BCUT2D eigenvalue weighted by molar-refractivity contribution is 6.02. The molecule has 0 fully saturated rings. The number of aryl methyl sites for hydroxylation is 1. The van der Waals surface area contributed by atoms with Gasteiger partial charge < -0.3 is 9.74 Å². The van der Waals surface area contributed by atoms with Gasteiger partial charge in [-0.25, -0.2) is 0 Å². The average molecular weight is 328 g/mol. The third kappa shape index (κ3) is 4.95. The second-order valence-electron chi connectivity index (χ2n) is 7.61. The minimum Gasteiger partial charge on any atom is -0.390 e. The van der Waals surface area contributed by atoms with E-state index < -0.39 is 0 Å². The fourth-order valence-corrected chi connectivity index (χ4v) is 2.83. The number of oxime groups is 1. The summed E-state index contributed by atoms with van der Waals surface area (Å²) in [5, 5.41) is 4.25. The van der Waals surface area contributed by atoms with Crippen molar-refractivity contribution in [2.24, 2.45) is 10.6 Å². The van der Waals surface area contributed by atoms with Gasteiger partial charge in [0, 0.05) is 24.9 Å². The first kappa shape index (κ1) is 18.2. The summed E-state index contributed by atoms with van der Waals surface area (Å²) in [6.45, 7) is 13.1. The molecule has 2 rings (SSSR count). The van der Waals surface area contributed by atoms with E-state index in [1.54, 1.807) is 6.08 Å². The highest BCUT2D eigenvalue weighted by atomic mass is 16.6. The van der Waals surface area contributed by atoms with Crippen LogP contribution in [0.1, 0.15) is 44.7 Å². The Kier molecular flexibility index (Phi) is 5.81. The van der Waals surface area contributed by atoms with Gasteiger partial charge in [-0.1, -0.05) is 56.3 Å². The monoisotopic (exact) mass is 328 g/mol. The number of benzene rings is 1. The first-order valence-corrected chi connectivity index (χ1v) is 8.47. The van der Waals surface area contributed by atoms with Gasteiger partial charge in [-0.05, 0) is 17.9 Å². The van der Waals surface area contributed by atoms with Crippen LogP contribution >= 0.6 is 0 Å². The van der Waals surface area contributed by atoms with Crippen LogP contribution in [0.5, 0.6) is 0 Å². The molecule has 0 aliphatic carbocycles. The molecule has 1 amide bonds. The van der Waals surface area contributed by atoms with Crippen molar-refractivity contribution >= 4 is 11.6 Å². The molecule has 1 aliphatic heterocycles. The zero-order chi connectivity index (χ0) is 17.7. The van der Waals surface area contributed by atoms with E-state index in [2.05, 4.69) is 51.6 Å². The summed E-state index contributed by atoms with van der Waals surface area (Å²) in [5.74, 6) is 0.135. The zero-order valence-electron chi connectivity index (χ0n) is 15.2. The van der Waals surface area contributed by atoms with Crippen molar-refractivity contribution in [3.05, 3.63) is 48.0 Å². The number of carbonyl (C=O) groups is 1. The number of amides is 1. The molecular formula is C20H28N2O2. The topological polar surface area (TPSA) is 41.9 Å². The number of nitrogens with zero attached hydrogens (tertiary/aromatic N) is 2. The Morgan fingerprint density at radius 2 is 2.12 bits per heavy atom. The maximum Gasteiger partial charge on any atom is 0.223 e. The van der Waals surface area contributed by atoms with Crippen LogP contribution in [0.3, 0.4) is 0 Å². The molecule has 4 nitrogen and oxygen atoms in total. The minimum absolute atomic E-state index is 0.0319. The molecule has 0 unspecified atom stereocenters. The Hall–Kier alpha value is -2.10. The number of carbonyl (C=O) groups excluding carboxylic acids is 1. The maximum absolute atomic E-state index is 12.5. The molecule has 0 spiro atoms. The van der Waals surface area contributed by atoms with E-state index in [0.29, 0.717) is 19.5 Å². The molecule has 0 N–H and O–H groups in total. The SMILES string of the molecule is C=CCN(C[C@@H]1CC(c2ccccc2C)=NO1)C(=O)CC(C)(C)C. The Balaban J connectivity index is 1.99. The Morgan fingerprint density at radius 3 is 2.75 bits per heavy atom. The molecule has 24 heavy (non-hydrogen) atoms. The van der Waals surface area contributed by atoms with E-state index in [-0.39, 0.29) is 17.4 Å². The molecule has 0 aromatic heterocycles. The lowest BCUT2D eigenvalue weighted by atomic mass is 9.91. The van der Waals surface area contributed by atoms with Crippen LogP contribution in [0, 0.1) is 12.3 Å². The van der Waals surface area contributed by atoms with E-state index in [4.69, 9.17) is 4.84 Å². The van der Waals surface area contributed by atoms with Gasteiger partial charge >= 0.3 is 0 Å². The van der Waals surface area contributed by atoms with E-state index >= 15 is 0 Å². The highest BCUT2D eigenvalue weighted by Crippen LogP contribution is 2.23. The molecule has 0 bridgehead atoms. The Bertz CT molecular complexity index is 629. The van der Waals surface area contributed by atoms with Crippen LogP contribution in [0.4, 0.5) is 0 Å². The van der Waals surface area contributed by atoms with E-state index in [1.807, 2.05) is 17.0 Å². The lowest BCUT2D eigenvalue weighted by Gasteiger charge is -2.27. The summed E-state index contributed by atoms with van der Waals surface area (Å²) < 4.78 is 0. The van der Waals surface area contributed by atoms with Crippen molar-refractivity contribution in [3.8, 4) is 0 Å². The summed E-state index contributed by atoms with van der Waals surface area (Å²) in [4.78, 5) is 19.9. The van der Waals surface area contributed by atoms with Crippen LogP contribution in [-0.2, 0) is 9.63 Å². The summed E-state index contributed by atoms with van der Waals surface area (Å²) in [6.07, 6.45) is 2.90. The second kappa shape index (κ2) is 7.65. The fraction of sp³-hybridized carbons (Fsp3) is 0.500. The van der Waals surface area contributed by atoms with Crippen molar-refractivity contribution < 1.29 is 9.63 Å². The van der Waals surface area contributed by atoms with E-state index in [0.717, 1.165) is 17.7 Å². The summed E-state index contributed by atoms with van der Waals surface area (Å²) >= 11 is 0. The lowest BCUT2D eigenvalue weighted by molar-refractivity contribution is -0.134. The van der Waals surface area contributed by atoms with Gasteiger partial charge in [0.05, 0.1) is 12.3 Å². The molecule has 1 heterocycles. The molecule has 0 saturated carbocycles. The first-order chi connectivity index (χ1) is 11.3. The highest BCUT2D eigenvalue weighted by Gasteiger charge is 2.28. The molecular weight excluding hydrogens is 300 g/mol. The van der Waals surface area contributed by atoms with Crippen LogP contribution in [-0.4, -0.2) is 35.7 Å². The minimum atomic E-state index is -0.0940. The van der Waals surface area contributed by atoms with E-state index in [9.17, 15) is 4.79 Å². The van der Waals surface area contributed by atoms with Crippen molar-refractivity contribution in [1.29, 1.82) is 0 Å². The zero-order valence-corrected chi connectivity index (χ0v) is 15.2. The summed E-state index contributed by atoms with van der Waals surface area (Å²) in [6, 6.07) is 8.16. The van der Waals surface area contributed by atoms with Gasteiger partial charge in [0.25, 0.3) is 0 Å². The third-order valence-electron chi connectivity index (χ3n) is 4.00. The van der Waals surface area contributed by atoms with Gasteiger partial charge in [0.1, 0.15) is 0 Å². The molecule has 130 valence electrons. The van der Waals surface area contributed by atoms with Gasteiger partial charge in [-0.3, -0.25) is 4.79 Å². The fourth-order valence-electron chi connectivity index (χ4n) is 2.83. The average Bonchev–Trinajstić information content (AvgIpc) is 2.94. The standard InChI is InChI=1S/C20H28N2O2/c1-6-11-22(19(23)13-20(3,4)5)14-16-12-18(21-24-16)17-10-8-7-9-15(17)2/h6-10,16H,1,11-14H2,2-5H3/t16-/m0/s1. The van der Waals surface area contributed by atoms with Crippen LogP contribution in [0.25, 0.3) is 0 Å². The molecule has 4 heteroatoms. The molecule has 1 atom stereocenters. The van der Waals surface area contributed by atoms with Gasteiger partial charge in [0.2, 0.25) is 5.91 Å². The second-order valence-corrected chi connectivity index (χ2v) is 7.61. The first-order valence-electron chi connectivity index (χ1n) is 8.47. The van der Waals surface area contributed by atoms with Gasteiger partial charge in [-0.15, -0.1) is 6.58 Å². The predicted molar refractivity (Wildman–Crippen MR) is 98.1 cm³/mol. The van der Waals surface area contributed by atoms with Gasteiger partial charge in [0.15, 0.2) is 6.10 Å². The van der Waals surface area contributed by atoms with Crippen molar-refractivity contribution in [2.75, 3.05) is 13.1 Å². The largest absolute Gasteiger partial charge is 0.390 e. The molecule has 0 radical (unpaired) electrons. The van der Waals surface area contributed by atoms with Crippen LogP contribution < -0.4 is 0 Å². The lowest BCUT2D eigenvalue weighted by Crippen LogP contribution is -2.39. The molecule has 0 saturated heterocycles. The van der Waals surface area contributed by atoms with Crippen molar-refractivity contribution in [3.63, 3.8) is 0 Å². The normalized spacial score (nSPS) is 17.2. The Morgan fingerprint density at radius 1 is 1.42 bits per heavy atom. The smallest absolute Gasteiger partial charge is 0.223 e. The van der Waals surface area contributed by atoms with Crippen molar-refractivity contribution in [2.45, 2.75) is 46.6 Å². The Labute approximate surface area is 145 Å². The third-order valence-corrected chi connectivity index (χ3v) is 4.00. The molecule has 1 aromatic carbocycles. The van der Waals surface area contributed by atoms with Gasteiger partial charge in [-0.2, -0.15) is 0 Å². The summed E-state index contributed by atoms with van der Waals surface area (Å²) in [7, 11) is 0. The van der Waals surface area contributed by atoms with Crippen molar-refractivity contribution in [1.82, 2.24) is 4.90 Å². The molecule has 1 aliphatic rings. The number of hydrogen-bond donors (Lipinski definition) is 0.